The maximum absolute atomic E-state index is 8.84. The van der Waals surface area contributed by atoms with Crippen molar-refractivity contribution in [1.29, 1.82) is 5.26 Å². The number of aromatic nitrogens is 4. The predicted molar refractivity (Wildman–Crippen MR) is 52.7 cm³/mol. The molecule has 0 aliphatic heterocycles. The third-order valence-corrected chi connectivity index (χ3v) is 1.87. The van der Waals surface area contributed by atoms with Gasteiger partial charge >= 0.3 is 0 Å². The number of nitrogens with zero attached hydrogens (tertiary/aromatic N) is 4. The second-order valence-electron chi connectivity index (χ2n) is 2.84. The van der Waals surface area contributed by atoms with Gasteiger partial charge in [-0.15, -0.1) is 10.2 Å². The molecule has 15 heavy (non-hydrogen) atoms. The molecule has 0 unspecified atom stereocenters. The van der Waals surface area contributed by atoms with E-state index in [0.717, 1.165) is 5.69 Å². The van der Waals surface area contributed by atoms with Crippen molar-refractivity contribution < 1.29 is 0 Å². The minimum Gasteiger partial charge on any atom is -0.377 e. The summed E-state index contributed by atoms with van der Waals surface area (Å²) in [7, 11) is 0. The smallest absolute Gasteiger partial charge is 0.193 e. The van der Waals surface area contributed by atoms with Crippen LogP contribution in [0.3, 0.4) is 0 Å². The molecule has 1 aromatic carbocycles. The average molecular weight is 200 g/mol. The lowest BCUT2D eigenvalue weighted by molar-refractivity contribution is 0.881. The van der Waals surface area contributed by atoms with Gasteiger partial charge in [-0.05, 0) is 12.1 Å². The number of hydrogen-bond donors (Lipinski definition) is 2. The molecule has 1 aromatic heterocycles. The molecule has 2 rings (SSSR count). The lowest BCUT2D eigenvalue weighted by atomic mass is 10.2. The molecule has 74 valence electrons. The van der Waals surface area contributed by atoms with Gasteiger partial charge in [0.1, 0.15) is 6.07 Å². The quantitative estimate of drug-likeness (QED) is 0.760. The molecule has 0 spiro atoms. The number of hydrogen-bond acceptors (Lipinski definition) is 5. The Morgan fingerprint density at radius 1 is 1.40 bits per heavy atom. The Bertz CT molecular complexity index is 470. The van der Waals surface area contributed by atoms with Crippen molar-refractivity contribution in [3.8, 4) is 6.07 Å². The number of tetrazole rings is 1. The first-order valence-corrected chi connectivity index (χ1v) is 4.35. The van der Waals surface area contributed by atoms with Gasteiger partial charge in [0.05, 0.1) is 17.8 Å². The van der Waals surface area contributed by atoms with E-state index < -0.39 is 0 Å². The van der Waals surface area contributed by atoms with Crippen LogP contribution in [0.25, 0.3) is 0 Å². The van der Waals surface area contributed by atoms with Crippen LogP contribution in [0.15, 0.2) is 24.3 Å². The number of anilines is 1. The van der Waals surface area contributed by atoms with Crippen LogP contribution in [0.4, 0.5) is 5.69 Å². The van der Waals surface area contributed by atoms with E-state index in [1.54, 1.807) is 6.07 Å². The third kappa shape index (κ3) is 2.08. The fourth-order valence-corrected chi connectivity index (χ4v) is 1.17. The molecule has 1 heterocycles. The van der Waals surface area contributed by atoms with Gasteiger partial charge in [0.15, 0.2) is 5.82 Å². The van der Waals surface area contributed by atoms with Crippen molar-refractivity contribution in [3.63, 3.8) is 0 Å². The minimum absolute atomic E-state index is 0.440. The Kier molecular flexibility index (Phi) is 2.56. The van der Waals surface area contributed by atoms with Gasteiger partial charge in [0.25, 0.3) is 0 Å². The van der Waals surface area contributed by atoms with Crippen LogP contribution in [-0.2, 0) is 6.54 Å². The summed E-state index contributed by atoms with van der Waals surface area (Å²) in [4.78, 5) is 0. The standard InChI is InChI=1S/C9H8N6/c10-5-7-3-1-2-4-8(7)11-6-9-12-14-15-13-9/h1-4,11H,6H2,(H,12,13,14,15). The topological polar surface area (TPSA) is 90.3 Å². The Balaban J connectivity index is 2.08. The van der Waals surface area contributed by atoms with Crippen LogP contribution >= 0.6 is 0 Å². The molecule has 6 nitrogen and oxygen atoms in total. The lowest BCUT2D eigenvalue weighted by Gasteiger charge is -2.04. The highest BCUT2D eigenvalue weighted by atomic mass is 15.5. The van der Waals surface area contributed by atoms with Gasteiger partial charge in [-0.3, -0.25) is 0 Å². The second kappa shape index (κ2) is 4.19. The molecule has 0 aliphatic rings. The number of aromatic amines is 1. The molecule has 2 N–H and O–H groups in total. The van der Waals surface area contributed by atoms with Crippen LogP contribution in [0.5, 0.6) is 0 Å². The molecule has 0 saturated carbocycles. The fourth-order valence-electron chi connectivity index (χ4n) is 1.17. The number of para-hydroxylation sites is 1. The Morgan fingerprint density at radius 3 is 3.00 bits per heavy atom. The van der Waals surface area contributed by atoms with Crippen LogP contribution < -0.4 is 5.32 Å². The van der Waals surface area contributed by atoms with Gasteiger partial charge < -0.3 is 5.32 Å². The summed E-state index contributed by atoms with van der Waals surface area (Å²) in [6.45, 7) is 0.440. The van der Waals surface area contributed by atoms with E-state index >= 15 is 0 Å². The number of nitriles is 1. The Hall–Kier alpha value is -2.42. The highest BCUT2D eigenvalue weighted by Gasteiger charge is 2.01. The van der Waals surface area contributed by atoms with Crippen molar-refractivity contribution >= 4 is 5.69 Å². The van der Waals surface area contributed by atoms with Crippen molar-refractivity contribution in [3.05, 3.63) is 35.7 Å². The Morgan fingerprint density at radius 2 is 2.27 bits per heavy atom. The fraction of sp³-hybridized carbons (Fsp3) is 0.111. The van der Waals surface area contributed by atoms with Crippen LogP contribution in [0.2, 0.25) is 0 Å². The average Bonchev–Trinajstić information content (AvgIpc) is 2.79. The first kappa shape index (κ1) is 9.15. The van der Waals surface area contributed by atoms with Crippen LogP contribution in [-0.4, -0.2) is 20.6 Å². The van der Waals surface area contributed by atoms with Crippen molar-refractivity contribution in [2.75, 3.05) is 5.32 Å². The highest BCUT2D eigenvalue weighted by Crippen LogP contribution is 2.13. The maximum Gasteiger partial charge on any atom is 0.193 e. The molecule has 0 fully saturated rings. The first-order chi connectivity index (χ1) is 7.40. The second-order valence-corrected chi connectivity index (χ2v) is 2.84. The first-order valence-electron chi connectivity index (χ1n) is 4.35. The zero-order valence-corrected chi connectivity index (χ0v) is 7.81. The van der Waals surface area contributed by atoms with E-state index in [2.05, 4.69) is 32.0 Å². The summed E-state index contributed by atoms with van der Waals surface area (Å²) < 4.78 is 0. The van der Waals surface area contributed by atoms with E-state index in [4.69, 9.17) is 5.26 Å². The van der Waals surface area contributed by atoms with E-state index in [1.165, 1.54) is 0 Å². The summed E-state index contributed by atoms with van der Waals surface area (Å²) in [5.41, 5.74) is 1.37. The molecule has 0 radical (unpaired) electrons. The summed E-state index contributed by atoms with van der Waals surface area (Å²) >= 11 is 0. The summed E-state index contributed by atoms with van der Waals surface area (Å²) in [6, 6.07) is 9.36. The molecule has 0 aliphatic carbocycles. The van der Waals surface area contributed by atoms with E-state index in [0.29, 0.717) is 17.9 Å². The zero-order valence-electron chi connectivity index (χ0n) is 7.81. The van der Waals surface area contributed by atoms with Gasteiger partial charge in [0.2, 0.25) is 0 Å². The van der Waals surface area contributed by atoms with Crippen molar-refractivity contribution in [2.24, 2.45) is 0 Å². The highest BCUT2D eigenvalue weighted by molar-refractivity contribution is 5.56. The number of nitrogens with one attached hydrogen (secondary N) is 2. The summed E-state index contributed by atoms with van der Waals surface area (Å²) in [5, 5.41) is 25.3. The maximum atomic E-state index is 8.84. The van der Waals surface area contributed by atoms with E-state index in [9.17, 15) is 0 Å². The molecule has 6 heteroatoms. The normalized spacial score (nSPS) is 9.53. The SMILES string of the molecule is N#Cc1ccccc1NCc1nn[nH]n1. The summed E-state index contributed by atoms with van der Waals surface area (Å²) in [5.74, 6) is 0.558. The summed E-state index contributed by atoms with van der Waals surface area (Å²) in [6.07, 6.45) is 0. The molecule has 0 atom stereocenters. The number of benzene rings is 1. The molecule has 0 bridgehead atoms. The van der Waals surface area contributed by atoms with E-state index in [-0.39, 0.29) is 0 Å². The predicted octanol–water partition coefficient (Wildman–Crippen LogP) is 0.683. The molecule has 2 aromatic rings. The largest absolute Gasteiger partial charge is 0.377 e. The molecular weight excluding hydrogens is 192 g/mol. The molecule has 0 saturated heterocycles. The number of H-pyrrole nitrogens is 1. The molecular formula is C9H8N6. The van der Waals surface area contributed by atoms with Crippen molar-refractivity contribution in [2.45, 2.75) is 6.54 Å². The van der Waals surface area contributed by atoms with Crippen LogP contribution in [0, 0.1) is 11.3 Å². The monoisotopic (exact) mass is 200 g/mol. The van der Waals surface area contributed by atoms with Gasteiger partial charge in [-0.25, -0.2) is 0 Å². The van der Waals surface area contributed by atoms with Crippen LogP contribution in [0.1, 0.15) is 11.4 Å². The van der Waals surface area contributed by atoms with E-state index in [1.807, 2.05) is 18.2 Å². The van der Waals surface area contributed by atoms with Crippen molar-refractivity contribution in [1.82, 2.24) is 20.6 Å². The van der Waals surface area contributed by atoms with Gasteiger partial charge in [-0.2, -0.15) is 10.5 Å². The third-order valence-electron chi connectivity index (χ3n) is 1.87. The number of rotatable bonds is 3. The van der Waals surface area contributed by atoms with Gasteiger partial charge in [-0.1, -0.05) is 17.3 Å². The minimum atomic E-state index is 0.440. The van der Waals surface area contributed by atoms with Gasteiger partial charge in [0, 0.05) is 0 Å². The Labute approximate surface area is 85.9 Å². The zero-order chi connectivity index (χ0) is 10.5. The lowest BCUT2D eigenvalue weighted by Crippen LogP contribution is -2.02. The molecule has 0 amide bonds.